The molecule has 1 aromatic heterocycles. The molecule has 0 amide bonds. The van der Waals surface area contributed by atoms with Crippen molar-refractivity contribution in [1.82, 2.24) is 9.78 Å². The van der Waals surface area contributed by atoms with Crippen molar-refractivity contribution in [3.8, 4) is 5.75 Å². The van der Waals surface area contributed by atoms with Crippen LogP contribution in [0, 0.1) is 10.1 Å². The van der Waals surface area contributed by atoms with Crippen LogP contribution in [0.15, 0.2) is 36.5 Å². The lowest BCUT2D eigenvalue weighted by Gasteiger charge is -2.04. The molecule has 0 unspecified atom stereocenters. The summed E-state index contributed by atoms with van der Waals surface area (Å²) in [6.07, 6.45) is 0.824. The van der Waals surface area contributed by atoms with Gasteiger partial charge in [-0.15, -0.1) is 0 Å². The van der Waals surface area contributed by atoms with Crippen molar-refractivity contribution in [3.05, 3.63) is 52.3 Å². The van der Waals surface area contributed by atoms with Gasteiger partial charge in [-0.25, -0.2) is 4.79 Å². The summed E-state index contributed by atoms with van der Waals surface area (Å²) in [7, 11) is 1.75. The minimum atomic E-state index is -0.899. The van der Waals surface area contributed by atoms with E-state index in [1.807, 2.05) is 0 Å². The van der Waals surface area contributed by atoms with E-state index in [9.17, 15) is 14.9 Å². The Labute approximate surface area is 113 Å². The number of benzene rings is 1. The molecule has 8 nitrogen and oxygen atoms in total. The Morgan fingerprint density at radius 3 is 2.60 bits per heavy atom. The van der Waals surface area contributed by atoms with Crippen LogP contribution in [-0.4, -0.2) is 20.9 Å². The first kappa shape index (κ1) is 13.5. The Kier molecular flexibility index (Phi) is 3.94. The third-order valence-corrected chi connectivity index (χ3v) is 2.36. The summed E-state index contributed by atoms with van der Waals surface area (Å²) >= 11 is 0. The zero-order valence-electron chi connectivity index (χ0n) is 10.6. The molecular weight excluding hydrogens is 266 g/mol. The fourth-order valence-corrected chi connectivity index (χ4v) is 1.43. The molecule has 0 saturated heterocycles. The minimum Gasteiger partial charge on any atom is -0.427 e. The normalized spacial score (nSPS) is 10.1. The monoisotopic (exact) mass is 277 g/mol. The molecule has 0 atom stereocenters. The van der Waals surface area contributed by atoms with Crippen molar-refractivity contribution in [2.24, 2.45) is 7.05 Å². The summed E-state index contributed by atoms with van der Waals surface area (Å²) < 4.78 is 11.3. The van der Waals surface area contributed by atoms with Gasteiger partial charge in [0.2, 0.25) is 0 Å². The molecule has 1 heterocycles. The molecule has 0 aliphatic carbocycles. The van der Waals surface area contributed by atoms with Gasteiger partial charge < -0.3 is 9.47 Å². The maximum absolute atomic E-state index is 11.4. The van der Waals surface area contributed by atoms with Crippen LogP contribution in [0.2, 0.25) is 0 Å². The van der Waals surface area contributed by atoms with Crippen LogP contribution < -0.4 is 4.74 Å². The zero-order valence-corrected chi connectivity index (χ0v) is 10.6. The highest BCUT2D eigenvalue weighted by Gasteiger charge is 2.10. The van der Waals surface area contributed by atoms with Gasteiger partial charge in [-0.05, 0) is 18.2 Å². The number of nitrogens with zero attached hydrogens (tertiary/aromatic N) is 3. The van der Waals surface area contributed by atoms with Gasteiger partial charge in [0.05, 0.1) is 4.92 Å². The van der Waals surface area contributed by atoms with Gasteiger partial charge in [0.15, 0.2) is 0 Å². The first-order chi connectivity index (χ1) is 9.54. The molecular formula is C12H11N3O5. The number of hydrogen-bond acceptors (Lipinski definition) is 6. The van der Waals surface area contributed by atoms with Gasteiger partial charge in [0, 0.05) is 25.4 Å². The molecule has 0 spiro atoms. The Balaban J connectivity index is 1.86. The number of rotatable bonds is 4. The van der Waals surface area contributed by atoms with E-state index in [0.29, 0.717) is 5.69 Å². The molecule has 0 fully saturated rings. The highest BCUT2D eigenvalue weighted by molar-refractivity contribution is 5.63. The number of nitro groups is 1. The Morgan fingerprint density at radius 1 is 1.35 bits per heavy atom. The summed E-state index contributed by atoms with van der Waals surface area (Å²) in [4.78, 5) is 21.3. The van der Waals surface area contributed by atoms with E-state index in [4.69, 9.17) is 9.47 Å². The van der Waals surface area contributed by atoms with Crippen molar-refractivity contribution < 1.29 is 19.2 Å². The van der Waals surface area contributed by atoms with E-state index in [1.165, 1.54) is 24.3 Å². The molecule has 2 rings (SSSR count). The molecule has 0 bridgehead atoms. The lowest BCUT2D eigenvalue weighted by molar-refractivity contribution is -0.384. The Bertz CT molecular complexity index is 620. The highest BCUT2D eigenvalue weighted by atomic mass is 16.7. The van der Waals surface area contributed by atoms with Crippen LogP contribution in [-0.2, 0) is 18.4 Å². The van der Waals surface area contributed by atoms with E-state index in [-0.39, 0.29) is 18.0 Å². The van der Waals surface area contributed by atoms with Gasteiger partial charge in [-0.3, -0.25) is 14.8 Å². The minimum absolute atomic E-state index is 0.00729. The predicted octanol–water partition coefficient (Wildman–Crippen LogP) is 2.04. The summed E-state index contributed by atoms with van der Waals surface area (Å²) in [6, 6.07) is 6.82. The zero-order chi connectivity index (χ0) is 14.5. The van der Waals surface area contributed by atoms with Crippen LogP contribution in [0.3, 0.4) is 0 Å². The lowest BCUT2D eigenvalue weighted by atomic mass is 10.3. The van der Waals surface area contributed by atoms with Crippen molar-refractivity contribution in [3.63, 3.8) is 0 Å². The molecule has 2 aromatic rings. The number of non-ortho nitro benzene ring substituents is 1. The van der Waals surface area contributed by atoms with Gasteiger partial charge in [-0.1, -0.05) is 0 Å². The van der Waals surface area contributed by atoms with Crippen LogP contribution in [0.1, 0.15) is 5.69 Å². The number of aryl methyl sites for hydroxylation is 1. The van der Waals surface area contributed by atoms with Crippen molar-refractivity contribution >= 4 is 11.8 Å². The first-order valence-corrected chi connectivity index (χ1v) is 5.62. The maximum atomic E-state index is 11.4. The topological polar surface area (TPSA) is 96.5 Å². The molecule has 104 valence electrons. The fraction of sp³-hybridized carbons (Fsp3) is 0.167. The molecule has 0 aliphatic rings. The lowest BCUT2D eigenvalue weighted by Crippen LogP contribution is -2.10. The smallest absolute Gasteiger partial charge is 0.427 e. The molecule has 20 heavy (non-hydrogen) atoms. The highest BCUT2D eigenvalue weighted by Crippen LogP contribution is 2.17. The average Bonchev–Trinajstić information content (AvgIpc) is 2.83. The first-order valence-electron chi connectivity index (χ1n) is 5.62. The van der Waals surface area contributed by atoms with Gasteiger partial charge in [-0.2, -0.15) is 5.10 Å². The second-order valence-electron chi connectivity index (χ2n) is 3.87. The summed E-state index contributed by atoms with van der Waals surface area (Å²) in [6.45, 7) is -0.00729. The van der Waals surface area contributed by atoms with Crippen molar-refractivity contribution in [2.45, 2.75) is 6.61 Å². The van der Waals surface area contributed by atoms with Gasteiger partial charge in [0.25, 0.3) is 5.69 Å². The number of ether oxygens (including phenoxy) is 2. The quantitative estimate of drug-likeness (QED) is 0.367. The standard InChI is InChI=1S/C12H11N3O5/c1-14-7-6-9(13-14)8-19-12(16)20-11-4-2-10(3-5-11)15(17)18/h2-7H,8H2,1H3. The molecule has 1 aromatic carbocycles. The summed E-state index contributed by atoms with van der Waals surface area (Å²) in [5.74, 6) is 0.168. The van der Waals surface area contributed by atoms with Crippen LogP contribution in [0.4, 0.5) is 10.5 Å². The van der Waals surface area contributed by atoms with Crippen molar-refractivity contribution in [1.29, 1.82) is 0 Å². The van der Waals surface area contributed by atoms with Crippen LogP contribution in [0.25, 0.3) is 0 Å². The third-order valence-electron chi connectivity index (χ3n) is 2.36. The Hall–Kier alpha value is -2.90. The molecule has 0 N–H and O–H groups in total. The maximum Gasteiger partial charge on any atom is 0.514 e. The fourth-order valence-electron chi connectivity index (χ4n) is 1.43. The molecule has 8 heteroatoms. The number of carbonyl (C=O) groups excluding carboxylic acids is 1. The third kappa shape index (κ3) is 3.55. The number of aromatic nitrogens is 2. The largest absolute Gasteiger partial charge is 0.514 e. The second-order valence-corrected chi connectivity index (χ2v) is 3.87. The van der Waals surface area contributed by atoms with E-state index >= 15 is 0 Å². The molecule has 0 radical (unpaired) electrons. The predicted molar refractivity (Wildman–Crippen MR) is 67.1 cm³/mol. The van der Waals surface area contributed by atoms with Gasteiger partial charge in [0.1, 0.15) is 18.1 Å². The molecule has 0 saturated carbocycles. The number of hydrogen-bond donors (Lipinski definition) is 0. The van der Waals surface area contributed by atoms with Crippen LogP contribution >= 0.6 is 0 Å². The van der Waals surface area contributed by atoms with E-state index < -0.39 is 11.1 Å². The van der Waals surface area contributed by atoms with Gasteiger partial charge >= 0.3 is 6.16 Å². The second kappa shape index (κ2) is 5.83. The van der Waals surface area contributed by atoms with E-state index in [0.717, 1.165) is 0 Å². The Morgan fingerprint density at radius 2 is 2.05 bits per heavy atom. The summed E-state index contributed by atoms with van der Waals surface area (Å²) in [5.41, 5.74) is 0.507. The number of carbonyl (C=O) groups is 1. The average molecular weight is 277 g/mol. The van der Waals surface area contributed by atoms with E-state index in [2.05, 4.69) is 5.10 Å². The molecule has 0 aliphatic heterocycles. The number of nitro benzene ring substituents is 1. The SMILES string of the molecule is Cn1ccc(COC(=O)Oc2ccc([N+](=O)[O-])cc2)n1. The van der Waals surface area contributed by atoms with Crippen LogP contribution in [0.5, 0.6) is 5.75 Å². The van der Waals surface area contributed by atoms with E-state index in [1.54, 1.807) is 24.0 Å². The van der Waals surface area contributed by atoms with Crippen molar-refractivity contribution in [2.75, 3.05) is 0 Å². The summed E-state index contributed by atoms with van der Waals surface area (Å²) in [5, 5.41) is 14.5.